The van der Waals surface area contributed by atoms with Crippen molar-refractivity contribution in [1.29, 1.82) is 0 Å². The average molecular weight is 298 g/mol. The molecule has 0 atom stereocenters. The van der Waals surface area contributed by atoms with Gasteiger partial charge in [-0.05, 0) is 48.1 Å². The number of nitrogens with zero attached hydrogens (tertiary/aromatic N) is 2. The molecule has 0 aliphatic heterocycles. The summed E-state index contributed by atoms with van der Waals surface area (Å²) in [6, 6.07) is 13.5. The van der Waals surface area contributed by atoms with Gasteiger partial charge >= 0.3 is 0 Å². The lowest BCUT2D eigenvalue weighted by atomic mass is 9.98. The molecule has 0 bridgehead atoms. The monoisotopic (exact) mass is 298 g/mol. The summed E-state index contributed by atoms with van der Waals surface area (Å²) in [5, 5.41) is 2.83. The second-order valence-electron chi connectivity index (χ2n) is 5.85. The maximum absolute atomic E-state index is 2.48. The smallest absolute Gasteiger partial charge is 0.0239 e. The third-order valence-electron chi connectivity index (χ3n) is 4.68. The Morgan fingerprint density at radius 2 is 0.955 bits per heavy atom. The maximum atomic E-state index is 2.48. The summed E-state index contributed by atoms with van der Waals surface area (Å²) in [4.78, 5) is 4.96. The maximum Gasteiger partial charge on any atom is 0.0239 e. The Hall–Kier alpha value is -1.38. The molecule has 2 rings (SSSR count). The first kappa shape index (κ1) is 17.0. The van der Waals surface area contributed by atoms with Gasteiger partial charge in [0, 0.05) is 13.1 Å². The summed E-state index contributed by atoms with van der Waals surface area (Å²) in [5.74, 6) is 0. The lowest BCUT2D eigenvalue weighted by molar-refractivity contribution is 0.295. The van der Waals surface area contributed by atoms with Gasteiger partial charge < -0.3 is 0 Å². The SMILES string of the molecule is CCN(CC)Cc1ccc(CN(CC)CC)c2ccccc12. The summed E-state index contributed by atoms with van der Waals surface area (Å²) in [7, 11) is 0. The van der Waals surface area contributed by atoms with Gasteiger partial charge in [-0.15, -0.1) is 0 Å². The van der Waals surface area contributed by atoms with Crippen LogP contribution >= 0.6 is 0 Å². The number of hydrogen-bond donors (Lipinski definition) is 0. The molecule has 0 heterocycles. The van der Waals surface area contributed by atoms with Gasteiger partial charge in [-0.3, -0.25) is 9.80 Å². The molecule has 22 heavy (non-hydrogen) atoms. The van der Waals surface area contributed by atoms with Gasteiger partial charge in [-0.1, -0.05) is 64.1 Å². The van der Waals surface area contributed by atoms with E-state index in [0.29, 0.717) is 0 Å². The van der Waals surface area contributed by atoms with E-state index in [1.165, 1.54) is 21.9 Å². The first-order valence-corrected chi connectivity index (χ1v) is 8.67. The highest BCUT2D eigenvalue weighted by Crippen LogP contribution is 2.25. The highest BCUT2D eigenvalue weighted by molar-refractivity contribution is 5.88. The van der Waals surface area contributed by atoms with Crippen LogP contribution in [0.2, 0.25) is 0 Å². The fourth-order valence-electron chi connectivity index (χ4n) is 3.08. The lowest BCUT2D eigenvalue weighted by Crippen LogP contribution is -2.23. The fraction of sp³-hybridized carbons (Fsp3) is 0.500. The summed E-state index contributed by atoms with van der Waals surface area (Å²) in [6.45, 7) is 15.4. The van der Waals surface area contributed by atoms with Crippen molar-refractivity contribution in [1.82, 2.24) is 9.80 Å². The van der Waals surface area contributed by atoms with E-state index >= 15 is 0 Å². The molecule has 0 aliphatic carbocycles. The molecular weight excluding hydrogens is 268 g/mol. The lowest BCUT2D eigenvalue weighted by Gasteiger charge is -2.22. The predicted octanol–water partition coefficient (Wildman–Crippen LogP) is 4.52. The molecule has 120 valence electrons. The van der Waals surface area contributed by atoms with Gasteiger partial charge in [0.25, 0.3) is 0 Å². The van der Waals surface area contributed by atoms with Gasteiger partial charge in [0.15, 0.2) is 0 Å². The van der Waals surface area contributed by atoms with Gasteiger partial charge in [-0.2, -0.15) is 0 Å². The van der Waals surface area contributed by atoms with Crippen LogP contribution in [0.25, 0.3) is 10.8 Å². The van der Waals surface area contributed by atoms with E-state index in [4.69, 9.17) is 0 Å². The van der Waals surface area contributed by atoms with Crippen LogP contribution in [0, 0.1) is 0 Å². The molecule has 0 saturated heterocycles. The minimum atomic E-state index is 1.04. The van der Waals surface area contributed by atoms with Crippen molar-refractivity contribution in [2.24, 2.45) is 0 Å². The van der Waals surface area contributed by atoms with Gasteiger partial charge in [0.1, 0.15) is 0 Å². The molecule has 0 N–H and O–H groups in total. The molecule has 0 spiro atoms. The number of benzene rings is 2. The second kappa shape index (κ2) is 8.30. The van der Waals surface area contributed by atoms with Crippen LogP contribution in [0.3, 0.4) is 0 Å². The van der Waals surface area contributed by atoms with E-state index in [1.807, 2.05) is 0 Å². The van der Waals surface area contributed by atoms with E-state index < -0.39 is 0 Å². The molecule has 2 nitrogen and oxygen atoms in total. The third-order valence-corrected chi connectivity index (χ3v) is 4.68. The van der Waals surface area contributed by atoms with Crippen LogP contribution in [0.5, 0.6) is 0 Å². The van der Waals surface area contributed by atoms with Crippen molar-refractivity contribution in [2.75, 3.05) is 26.2 Å². The zero-order chi connectivity index (χ0) is 15.9. The molecular formula is C20H30N2. The zero-order valence-corrected chi connectivity index (χ0v) is 14.6. The Kier molecular flexibility index (Phi) is 6.41. The van der Waals surface area contributed by atoms with Crippen LogP contribution in [0.1, 0.15) is 38.8 Å². The predicted molar refractivity (Wildman–Crippen MR) is 97.2 cm³/mol. The Bertz CT molecular complexity index is 531. The summed E-state index contributed by atoms with van der Waals surface area (Å²) >= 11 is 0. The Balaban J connectivity index is 2.38. The Labute approximate surface area is 135 Å². The van der Waals surface area contributed by atoms with Crippen molar-refractivity contribution in [3.05, 3.63) is 47.5 Å². The molecule has 0 aromatic heterocycles. The first-order valence-electron chi connectivity index (χ1n) is 8.67. The van der Waals surface area contributed by atoms with E-state index in [9.17, 15) is 0 Å². The standard InChI is InChI=1S/C20H30N2/c1-5-21(6-2)15-17-13-14-18(16-22(7-3)8-4)20-12-10-9-11-19(17)20/h9-14H,5-8,15-16H2,1-4H3. The highest BCUT2D eigenvalue weighted by atomic mass is 15.1. The molecule has 0 saturated carbocycles. The first-order chi connectivity index (χ1) is 10.7. The van der Waals surface area contributed by atoms with E-state index in [1.54, 1.807) is 0 Å². The summed E-state index contributed by atoms with van der Waals surface area (Å²) in [5.41, 5.74) is 2.89. The fourth-order valence-corrected chi connectivity index (χ4v) is 3.08. The highest BCUT2D eigenvalue weighted by Gasteiger charge is 2.10. The quantitative estimate of drug-likeness (QED) is 0.707. The largest absolute Gasteiger partial charge is 0.300 e. The third kappa shape index (κ3) is 3.88. The number of rotatable bonds is 8. The molecule has 2 aromatic rings. The topological polar surface area (TPSA) is 6.48 Å². The van der Waals surface area contributed by atoms with Gasteiger partial charge in [0.05, 0.1) is 0 Å². The van der Waals surface area contributed by atoms with Crippen LogP contribution in [0.4, 0.5) is 0 Å². The number of hydrogen-bond acceptors (Lipinski definition) is 2. The van der Waals surface area contributed by atoms with Crippen molar-refractivity contribution in [3.8, 4) is 0 Å². The zero-order valence-electron chi connectivity index (χ0n) is 14.6. The minimum absolute atomic E-state index is 1.04. The van der Waals surface area contributed by atoms with Gasteiger partial charge in [-0.25, -0.2) is 0 Å². The minimum Gasteiger partial charge on any atom is -0.300 e. The second-order valence-corrected chi connectivity index (χ2v) is 5.85. The molecule has 2 heteroatoms. The average Bonchev–Trinajstić information content (AvgIpc) is 2.58. The van der Waals surface area contributed by atoms with E-state index in [2.05, 4.69) is 73.9 Å². The van der Waals surface area contributed by atoms with E-state index in [-0.39, 0.29) is 0 Å². The normalized spacial score (nSPS) is 11.7. The van der Waals surface area contributed by atoms with Crippen LogP contribution in [-0.4, -0.2) is 36.0 Å². The van der Waals surface area contributed by atoms with Crippen molar-refractivity contribution in [3.63, 3.8) is 0 Å². The van der Waals surface area contributed by atoms with E-state index in [0.717, 1.165) is 39.3 Å². The Morgan fingerprint density at radius 3 is 1.27 bits per heavy atom. The molecule has 0 fully saturated rings. The van der Waals surface area contributed by atoms with Crippen LogP contribution < -0.4 is 0 Å². The molecule has 0 unspecified atom stereocenters. The van der Waals surface area contributed by atoms with Crippen LogP contribution in [0.15, 0.2) is 36.4 Å². The van der Waals surface area contributed by atoms with Crippen molar-refractivity contribution < 1.29 is 0 Å². The van der Waals surface area contributed by atoms with Crippen LogP contribution in [-0.2, 0) is 13.1 Å². The Morgan fingerprint density at radius 1 is 0.591 bits per heavy atom. The van der Waals surface area contributed by atoms with Gasteiger partial charge in [0.2, 0.25) is 0 Å². The summed E-state index contributed by atoms with van der Waals surface area (Å²) in [6.07, 6.45) is 0. The molecule has 0 aliphatic rings. The summed E-state index contributed by atoms with van der Waals surface area (Å²) < 4.78 is 0. The molecule has 2 aromatic carbocycles. The molecule has 0 amide bonds. The van der Waals surface area contributed by atoms with Crippen molar-refractivity contribution >= 4 is 10.8 Å². The van der Waals surface area contributed by atoms with Crippen molar-refractivity contribution in [2.45, 2.75) is 40.8 Å². The molecule has 0 radical (unpaired) electrons. The number of fused-ring (bicyclic) bond motifs is 1.